The highest BCUT2D eigenvalue weighted by molar-refractivity contribution is 14.1. The lowest BCUT2D eigenvalue weighted by Crippen LogP contribution is -1.92. The highest BCUT2D eigenvalue weighted by atomic mass is 127. The van der Waals surface area contributed by atoms with Crippen molar-refractivity contribution in [3.8, 4) is 5.75 Å². The molecule has 0 spiro atoms. The summed E-state index contributed by atoms with van der Waals surface area (Å²) in [6, 6.07) is 1.00. The smallest absolute Gasteiger partial charge is 0.266 e. The molecule has 12 heavy (non-hydrogen) atoms. The van der Waals surface area contributed by atoms with Gasteiger partial charge in [0.25, 0.3) is 6.43 Å². The Bertz CT molecular complexity index is 308. The molecule has 66 valence electrons. The third-order valence-electron chi connectivity index (χ3n) is 1.17. The molecule has 0 fully saturated rings. The van der Waals surface area contributed by atoms with Gasteiger partial charge in [0, 0.05) is 0 Å². The Morgan fingerprint density at radius 3 is 2.67 bits per heavy atom. The van der Waals surface area contributed by atoms with E-state index in [0.29, 0.717) is 3.70 Å². The van der Waals surface area contributed by atoms with Gasteiger partial charge < -0.3 is 5.11 Å². The van der Waals surface area contributed by atoms with Gasteiger partial charge in [-0.3, -0.25) is 0 Å². The largest absolute Gasteiger partial charge is 0.505 e. The maximum absolute atomic E-state index is 12.2. The van der Waals surface area contributed by atoms with Crippen LogP contribution in [0.25, 0.3) is 0 Å². The average Bonchev–Trinajstić information content (AvgIpc) is 1.96. The van der Waals surface area contributed by atoms with Crippen molar-refractivity contribution < 1.29 is 13.9 Å². The van der Waals surface area contributed by atoms with E-state index in [1.54, 1.807) is 22.6 Å². The molecule has 1 heterocycles. The number of pyridine rings is 1. The monoisotopic (exact) mass is 349 g/mol. The molecule has 0 unspecified atom stereocenters. The number of halogens is 4. The van der Waals surface area contributed by atoms with E-state index >= 15 is 0 Å². The quantitative estimate of drug-likeness (QED) is 0.624. The summed E-state index contributed by atoms with van der Waals surface area (Å²) >= 11 is 4.63. The van der Waals surface area contributed by atoms with E-state index in [-0.39, 0.29) is 15.9 Å². The van der Waals surface area contributed by atoms with Gasteiger partial charge in [0.15, 0.2) is 0 Å². The Balaban J connectivity index is 3.23. The van der Waals surface area contributed by atoms with Gasteiger partial charge in [-0.05, 0) is 44.6 Å². The van der Waals surface area contributed by atoms with Crippen molar-refractivity contribution in [3.63, 3.8) is 0 Å². The zero-order chi connectivity index (χ0) is 9.30. The Hall–Kier alpha value is 0.0200. The van der Waals surface area contributed by atoms with Gasteiger partial charge in [0.05, 0.1) is 5.56 Å². The van der Waals surface area contributed by atoms with Gasteiger partial charge in [-0.25, -0.2) is 13.8 Å². The SMILES string of the molecule is Oc1cc(C(F)F)c(Br)nc1I. The van der Waals surface area contributed by atoms with Crippen LogP contribution in [-0.4, -0.2) is 10.1 Å². The van der Waals surface area contributed by atoms with Crippen molar-refractivity contribution in [1.82, 2.24) is 4.98 Å². The van der Waals surface area contributed by atoms with Crippen LogP contribution >= 0.6 is 38.5 Å². The predicted octanol–water partition coefficient (Wildman–Crippen LogP) is 3.09. The topological polar surface area (TPSA) is 33.1 Å². The van der Waals surface area contributed by atoms with Crippen molar-refractivity contribution in [1.29, 1.82) is 0 Å². The Morgan fingerprint density at radius 2 is 2.17 bits per heavy atom. The molecule has 0 aliphatic carbocycles. The molecule has 0 atom stereocenters. The van der Waals surface area contributed by atoms with E-state index in [9.17, 15) is 8.78 Å². The van der Waals surface area contributed by atoms with Crippen LogP contribution in [0, 0.1) is 3.70 Å². The number of alkyl halides is 2. The van der Waals surface area contributed by atoms with Gasteiger partial charge in [-0.1, -0.05) is 0 Å². The van der Waals surface area contributed by atoms with Crippen LogP contribution < -0.4 is 0 Å². The second-order valence-corrected chi connectivity index (χ2v) is 3.75. The number of nitrogens with zero attached hydrogens (tertiary/aromatic N) is 1. The Labute approximate surface area is 89.3 Å². The van der Waals surface area contributed by atoms with Crippen LogP contribution in [0.3, 0.4) is 0 Å². The molecule has 1 aromatic rings. The molecule has 1 N–H and O–H groups in total. The number of aromatic nitrogens is 1. The van der Waals surface area contributed by atoms with Crippen molar-refractivity contribution in [2.75, 3.05) is 0 Å². The molecule has 0 amide bonds. The van der Waals surface area contributed by atoms with E-state index < -0.39 is 6.43 Å². The molecule has 0 saturated carbocycles. The number of hydrogen-bond acceptors (Lipinski definition) is 2. The van der Waals surface area contributed by atoms with Crippen LogP contribution in [0.5, 0.6) is 5.75 Å². The van der Waals surface area contributed by atoms with Gasteiger partial charge in [-0.2, -0.15) is 0 Å². The zero-order valence-electron chi connectivity index (χ0n) is 5.56. The molecule has 0 bridgehead atoms. The fourth-order valence-corrected chi connectivity index (χ4v) is 1.82. The summed E-state index contributed by atoms with van der Waals surface area (Å²) in [6.45, 7) is 0. The van der Waals surface area contributed by atoms with Gasteiger partial charge in [0.2, 0.25) is 0 Å². The first kappa shape index (κ1) is 10.1. The summed E-state index contributed by atoms with van der Waals surface area (Å²) in [5.74, 6) is -0.228. The zero-order valence-corrected chi connectivity index (χ0v) is 9.30. The minimum Gasteiger partial charge on any atom is -0.505 e. The van der Waals surface area contributed by atoms with E-state index in [2.05, 4.69) is 20.9 Å². The maximum atomic E-state index is 12.2. The van der Waals surface area contributed by atoms with E-state index in [0.717, 1.165) is 6.07 Å². The number of rotatable bonds is 1. The predicted molar refractivity (Wildman–Crippen MR) is 51.3 cm³/mol. The summed E-state index contributed by atoms with van der Waals surface area (Å²) in [5.41, 5.74) is -0.298. The average molecular weight is 350 g/mol. The highest BCUT2D eigenvalue weighted by Crippen LogP contribution is 2.30. The second-order valence-electron chi connectivity index (χ2n) is 1.98. The summed E-state index contributed by atoms with van der Waals surface area (Å²) in [7, 11) is 0. The summed E-state index contributed by atoms with van der Waals surface area (Å²) in [5, 5.41) is 9.05. The minimum atomic E-state index is -2.63. The third kappa shape index (κ3) is 2.03. The Morgan fingerprint density at radius 1 is 1.58 bits per heavy atom. The molecule has 6 heteroatoms. The van der Waals surface area contributed by atoms with Crippen LogP contribution in [0.2, 0.25) is 0 Å². The maximum Gasteiger partial charge on any atom is 0.266 e. The molecular weight excluding hydrogens is 347 g/mol. The standard InChI is InChI=1S/C6H3BrF2INO/c7-4-2(5(8)9)1-3(12)6(10)11-4/h1,5,12H. The highest BCUT2D eigenvalue weighted by Gasteiger charge is 2.15. The van der Waals surface area contributed by atoms with Crippen LogP contribution in [0.4, 0.5) is 8.78 Å². The fraction of sp³-hybridized carbons (Fsp3) is 0.167. The fourth-order valence-electron chi connectivity index (χ4n) is 0.627. The van der Waals surface area contributed by atoms with Gasteiger partial charge >= 0.3 is 0 Å². The third-order valence-corrected chi connectivity index (χ3v) is 2.60. The van der Waals surface area contributed by atoms with Gasteiger partial charge in [-0.15, -0.1) is 0 Å². The first-order valence-corrected chi connectivity index (χ1v) is 4.72. The lowest BCUT2D eigenvalue weighted by atomic mass is 10.3. The van der Waals surface area contributed by atoms with Gasteiger partial charge in [0.1, 0.15) is 14.1 Å². The van der Waals surface area contributed by atoms with E-state index in [1.807, 2.05) is 0 Å². The molecule has 0 aliphatic rings. The first-order valence-electron chi connectivity index (χ1n) is 2.85. The van der Waals surface area contributed by atoms with Crippen molar-refractivity contribution in [3.05, 3.63) is 19.9 Å². The van der Waals surface area contributed by atoms with Crippen LogP contribution in [0.15, 0.2) is 10.7 Å². The summed E-state index contributed by atoms with van der Waals surface area (Å²) < 4.78 is 24.7. The number of aromatic hydroxyl groups is 1. The summed E-state index contributed by atoms with van der Waals surface area (Å²) in [4.78, 5) is 3.67. The van der Waals surface area contributed by atoms with Crippen molar-refractivity contribution in [2.45, 2.75) is 6.43 Å². The number of hydrogen-bond donors (Lipinski definition) is 1. The lowest BCUT2D eigenvalue weighted by Gasteiger charge is -2.03. The molecular formula is C6H3BrF2INO. The molecule has 0 aliphatic heterocycles. The van der Waals surface area contributed by atoms with E-state index in [4.69, 9.17) is 5.11 Å². The van der Waals surface area contributed by atoms with Crippen LogP contribution in [-0.2, 0) is 0 Å². The normalized spacial score (nSPS) is 10.8. The Kier molecular flexibility index (Phi) is 3.22. The van der Waals surface area contributed by atoms with Crippen molar-refractivity contribution >= 4 is 38.5 Å². The van der Waals surface area contributed by atoms with E-state index in [1.165, 1.54) is 0 Å². The molecule has 1 rings (SSSR count). The lowest BCUT2D eigenvalue weighted by molar-refractivity contribution is 0.149. The van der Waals surface area contributed by atoms with Crippen molar-refractivity contribution in [2.24, 2.45) is 0 Å². The molecule has 0 saturated heterocycles. The molecule has 1 aromatic heterocycles. The molecule has 0 aromatic carbocycles. The molecule has 2 nitrogen and oxygen atoms in total. The minimum absolute atomic E-state index is 0.0692. The first-order chi connectivity index (χ1) is 5.52. The molecule has 0 radical (unpaired) electrons. The second kappa shape index (κ2) is 3.82. The van der Waals surface area contributed by atoms with Crippen LogP contribution in [0.1, 0.15) is 12.0 Å². The summed E-state index contributed by atoms with van der Waals surface area (Å²) in [6.07, 6.45) is -2.63.